The van der Waals surface area contributed by atoms with Crippen molar-refractivity contribution in [1.29, 1.82) is 0 Å². The highest BCUT2D eigenvalue weighted by molar-refractivity contribution is 5.97. The highest BCUT2D eigenvalue weighted by Crippen LogP contribution is 2.19. The highest BCUT2D eigenvalue weighted by atomic mass is 16.5. The molecule has 5 heteroatoms. The molecule has 0 saturated carbocycles. The SMILES string of the molecule is Cc1nc2ccc(C(=O)N3CCOCCC3C)cc2n1C. The molecule has 0 N–H and O–H groups in total. The average Bonchev–Trinajstić information content (AvgIpc) is 2.65. The zero-order valence-corrected chi connectivity index (χ0v) is 12.8. The van der Waals surface area contributed by atoms with Crippen LogP contribution in [0, 0.1) is 6.92 Å². The van der Waals surface area contributed by atoms with Crippen molar-refractivity contribution in [3.05, 3.63) is 29.6 Å². The Morgan fingerprint density at radius 3 is 3.00 bits per heavy atom. The van der Waals surface area contributed by atoms with Gasteiger partial charge in [0, 0.05) is 31.8 Å². The largest absolute Gasteiger partial charge is 0.380 e. The van der Waals surface area contributed by atoms with Crippen LogP contribution in [-0.4, -0.2) is 46.2 Å². The third kappa shape index (κ3) is 2.53. The number of hydrogen-bond donors (Lipinski definition) is 0. The first-order valence-corrected chi connectivity index (χ1v) is 7.39. The number of aromatic nitrogens is 2. The van der Waals surface area contributed by atoms with Crippen LogP contribution in [0.2, 0.25) is 0 Å². The third-order valence-corrected chi connectivity index (χ3v) is 4.30. The summed E-state index contributed by atoms with van der Waals surface area (Å²) >= 11 is 0. The van der Waals surface area contributed by atoms with Crippen molar-refractivity contribution < 1.29 is 9.53 Å². The number of benzene rings is 1. The van der Waals surface area contributed by atoms with Crippen LogP contribution in [0.25, 0.3) is 11.0 Å². The average molecular weight is 287 g/mol. The van der Waals surface area contributed by atoms with Crippen molar-refractivity contribution in [2.75, 3.05) is 19.8 Å². The molecule has 21 heavy (non-hydrogen) atoms. The lowest BCUT2D eigenvalue weighted by Gasteiger charge is -2.26. The van der Waals surface area contributed by atoms with Crippen molar-refractivity contribution in [1.82, 2.24) is 14.5 Å². The molecule has 1 amide bonds. The maximum absolute atomic E-state index is 12.8. The number of ether oxygens (including phenoxy) is 1. The van der Waals surface area contributed by atoms with Crippen LogP contribution >= 0.6 is 0 Å². The molecule has 1 fully saturated rings. The molecule has 3 rings (SSSR count). The second kappa shape index (κ2) is 5.48. The number of carbonyl (C=O) groups is 1. The number of rotatable bonds is 1. The molecule has 0 radical (unpaired) electrons. The molecule has 112 valence electrons. The summed E-state index contributed by atoms with van der Waals surface area (Å²) in [6.07, 6.45) is 0.888. The molecule has 1 aliphatic rings. The molecule has 2 heterocycles. The maximum atomic E-state index is 12.8. The summed E-state index contributed by atoms with van der Waals surface area (Å²) in [6, 6.07) is 5.95. The zero-order valence-electron chi connectivity index (χ0n) is 12.8. The predicted molar refractivity (Wildman–Crippen MR) is 81.4 cm³/mol. The lowest BCUT2D eigenvalue weighted by atomic mass is 10.1. The first-order valence-electron chi connectivity index (χ1n) is 7.39. The number of fused-ring (bicyclic) bond motifs is 1. The van der Waals surface area contributed by atoms with Crippen molar-refractivity contribution in [3.63, 3.8) is 0 Å². The van der Waals surface area contributed by atoms with E-state index >= 15 is 0 Å². The van der Waals surface area contributed by atoms with E-state index in [0.717, 1.165) is 35.4 Å². The van der Waals surface area contributed by atoms with Gasteiger partial charge in [-0.2, -0.15) is 0 Å². The molecule has 5 nitrogen and oxygen atoms in total. The van der Waals surface area contributed by atoms with E-state index in [1.165, 1.54) is 0 Å². The Bertz CT molecular complexity index is 677. The smallest absolute Gasteiger partial charge is 0.254 e. The lowest BCUT2D eigenvalue weighted by Crippen LogP contribution is -2.39. The van der Waals surface area contributed by atoms with Crippen LogP contribution < -0.4 is 0 Å². The molecule has 1 atom stereocenters. The normalized spacial score (nSPS) is 19.8. The first kappa shape index (κ1) is 14.1. The van der Waals surface area contributed by atoms with Crippen molar-refractivity contribution in [2.24, 2.45) is 7.05 Å². The molecule has 1 aliphatic heterocycles. The van der Waals surface area contributed by atoms with Crippen LogP contribution in [0.1, 0.15) is 29.5 Å². The summed E-state index contributed by atoms with van der Waals surface area (Å²) in [5, 5.41) is 0. The van der Waals surface area contributed by atoms with E-state index in [1.807, 2.05) is 41.6 Å². The van der Waals surface area contributed by atoms with Crippen LogP contribution in [-0.2, 0) is 11.8 Å². The van der Waals surface area contributed by atoms with Gasteiger partial charge in [-0.15, -0.1) is 0 Å². The summed E-state index contributed by atoms with van der Waals surface area (Å²) in [5.74, 6) is 1.03. The topological polar surface area (TPSA) is 47.4 Å². The minimum atomic E-state index is 0.0775. The number of aryl methyl sites for hydroxylation is 2. The number of amides is 1. The van der Waals surface area contributed by atoms with Gasteiger partial charge in [0.25, 0.3) is 5.91 Å². The maximum Gasteiger partial charge on any atom is 0.254 e. The summed E-state index contributed by atoms with van der Waals surface area (Å²) < 4.78 is 7.48. The fourth-order valence-electron chi connectivity index (χ4n) is 2.81. The van der Waals surface area contributed by atoms with Gasteiger partial charge in [0.05, 0.1) is 17.6 Å². The van der Waals surface area contributed by atoms with Crippen molar-refractivity contribution in [2.45, 2.75) is 26.3 Å². The second-order valence-electron chi connectivity index (χ2n) is 5.67. The Labute approximate surface area is 124 Å². The highest BCUT2D eigenvalue weighted by Gasteiger charge is 2.23. The fourth-order valence-corrected chi connectivity index (χ4v) is 2.81. The number of hydrogen-bond acceptors (Lipinski definition) is 3. The van der Waals surface area contributed by atoms with Crippen molar-refractivity contribution >= 4 is 16.9 Å². The quantitative estimate of drug-likeness (QED) is 0.807. The predicted octanol–water partition coefficient (Wildman–Crippen LogP) is 2.13. The zero-order chi connectivity index (χ0) is 15.0. The van der Waals surface area contributed by atoms with Crippen LogP contribution in [0.15, 0.2) is 18.2 Å². The Kier molecular flexibility index (Phi) is 3.68. The van der Waals surface area contributed by atoms with Gasteiger partial charge in [-0.3, -0.25) is 4.79 Å². The summed E-state index contributed by atoms with van der Waals surface area (Å²) in [7, 11) is 1.97. The second-order valence-corrected chi connectivity index (χ2v) is 5.67. The van der Waals surface area contributed by atoms with E-state index < -0.39 is 0 Å². The number of imidazole rings is 1. The van der Waals surface area contributed by atoms with Gasteiger partial charge in [0.15, 0.2) is 0 Å². The van der Waals surface area contributed by atoms with Gasteiger partial charge in [0.1, 0.15) is 5.82 Å². The van der Waals surface area contributed by atoms with E-state index in [2.05, 4.69) is 11.9 Å². The minimum absolute atomic E-state index is 0.0775. The summed E-state index contributed by atoms with van der Waals surface area (Å²) in [5.41, 5.74) is 2.65. The van der Waals surface area contributed by atoms with E-state index in [4.69, 9.17) is 4.74 Å². The molecule has 1 saturated heterocycles. The van der Waals surface area contributed by atoms with Gasteiger partial charge in [0.2, 0.25) is 0 Å². The number of nitrogens with zero attached hydrogens (tertiary/aromatic N) is 3. The summed E-state index contributed by atoms with van der Waals surface area (Å²) in [4.78, 5) is 19.2. The first-order chi connectivity index (χ1) is 10.1. The van der Waals surface area contributed by atoms with E-state index in [1.54, 1.807) is 0 Å². The Morgan fingerprint density at radius 2 is 2.19 bits per heavy atom. The Balaban J connectivity index is 1.95. The van der Waals surface area contributed by atoms with Gasteiger partial charge in [-0.25, -0.2) is 4.98 Å². The standard InChI is InChI=1S/C16H21N3O2/c1-11-6-8-21-9-7-19(11)16(20)13-4-5-14-15(10-13)18(3)12(2)17-14/h4-5,10-11H,6-9H2,1-3H3. The van der Waals surface area contributed by atoms with E-state index in [9.17, 15) is 4.79 Å². The monoisotopic (exact) mass is 287 g/mol. The fraction of sp³-hybridized carbons (Fsp3) is 0.500. The number of carbonyl (C=O) groups excluding carboxylic acids is 1. The Hall–Kier alpha value is -1.88. The molecule has 2 aromatic rings. The molecule has 1 aromatic carbocycles. The molecule has 0 bridgehead atoms. The molecular formula is C16H21N3O2. The van der Waals surface area contributed by atoms with E-state index in [-0.39, 0.29) is 11.9 Å². The lowest BCUT2D eigenvalue weighted by molar-refractivity contribution is 0.0687. The third-order valence-electron chi connectivity index (χ3n) is 4.30. The Morgan fingerprint density at radius 1 is 1.38 bits per heavy atom. The molecule has 1 unspecified atom stereocenters. The molecular weight excluding hydrogens is 266 g/mol. The minimum Gasteiger partial charge on any atom is -0.380 e. The van der Waals surface area contributed by atoms with Crippen molar-refractivity contribution in [3.8, 4) is 0 Å². The van der Waals surface area contributed by atoms with Crippen LogP contribution in [0.4, 0.5) is 0 Å². The molecule has 0 aliphatic carbocycles. The van der Waals surface area contributed by atoms with Crippen LogP contribution in [0.3, 0.4) is 0 Å². The van der Waals surface area contributed by atoms with Gasteiger partial charge in [-0.05, 0) is 38.5 Å². The summed E-state index contributed by atoms with van der Waals surface area (Å²) in [6.45, 7) is 6.05. The van der Waals surface area contributed by atoms with Gasteiger partial charge in [-0.1, -0.05) is 0 Å². The van der Waals surface area contributed by atoms with E-state index in [0.29, 0.717) is 13.2 Å². The van der Waals surface area contributed by atoms with Gasteiger partial charge >= 0.3 is 0 Å². The molecule has 1 aromatic heterocycles. The van der Waals surface area contributed by atoms with Crippen LogP contribution in [0.5, 0.6) is 0 Å². The molecule has 0 spiro atoms. The van der Waals surface area contributed by atoms with Gasteiger partial charge < -0.3 is 14.2 Å².